The summed E-state index contributed by atoms with van der Waals surface area (Å²) in [6, 6.07) is 5.02. The Bertz CT molecular complexity index is 2050. The molecule has 2 aliphatic heterocycles. The van der Waals surface area contributed by atoms with Gasteiger partial charge in [-0.3, -0.25) is 19.5 Å². The Morgan fingerprint density at radius 3 is 2.51 bits per heavy atom. The number of ether oxygens (including phenoxy) is 3. The van der Waals surface area contributed by atoms with Crippen molar-refractivity contribution in [2.24, 2.45) is 5.92 Å². The maximum Gasteiger partial charge on any atom is 0.335 e. The van der Waals surface area contributed by atoms with Gasteiger partial charge in [0.25, 0.3) is 11.7 Å². The van der Waals surface area contributed by atoms with Crippen molar-refractivity contribution < 1.29 is 53.9 Å². The quantitative estimate of drug-likeness (QED) is 0.0843. The van der Waals surface area contributed by atoms with Gasteiger partial charge in [0, 0.05) is 59.6 Å². The van der Waals surface area contributed by atoms with E-state index in [1.165, 1.54) is 27.9 Å². The van der Waals surface area contributed by atoms with E-state index in [-0.39, 0.29) is 55.3 Å². The van der Waals surface area contributed by atoms with Gasteiger partial charge < -0.3 is 59.1 Å². The minimum Gasteiger partial charge on any atom is -0.479 e. The Labute approximate surface area is 331 Å². The summed E-state index contributed by atoms with van der Waals surface area (Å²) in [5, 5.41) is 52.0. The van der Waals surface area contributed by atoms with E-state index in [4.69, 9.17) is 33.0 Å². The van der Waals surface area contributed by atoms with E-state index in [0.29, 0.717) is 35.5 Å². The average molecular weight is 814 g/mol. The maximum atomic E-state index is 13.6. The van der Waals surface area contributed by atoms with Crippen molar-refractivity contribution in [3.63, 3.8) is 0 Å². The van der Waals surface area contributed by atoms with Crippen molar-refractivity contribution in [3.05, 3.63) is 63.9 Å². The predicted octanol–water partition coefficient (Wildman–Crippen LogP) is 0.536. The van der Waals surface area contributed by atoms with Crippen molar-refractivity contribution in [1.29, 1.82) is 0 Å². The summed E-state index contributed by atoms with van der Waals surface area (Å²) in [5.74, 6) is -1.41. The third-order valence-corrected chi connectivity index (χ3v) is 10.5. The van der Waals surface area contributed by atoms with Crippen molar-refractivity contribution >= 4 is 57.8 Å². The van der Waals surface area contributed by atoms with Gasteiger partial charge in [0.15, 0.2) is 17.5 Å². The van der Waals surface area contributed by atoms with Crippen LogP contribution in [0.25, 0.3) is 15.9 Å². The first kappa shape index (κ1) is 42.4. The summed E-state index contributed by atoms with van der Waals surface area (Å²) < 4.78 is 17.5. The van der Waals surface area contributed by atoms with Crippen molar-refractivity contribution in [3.8, 4) is 5.75 Å². The van der Waals surface area contributed by atoms with Gasteiger partial charge in [-0.05, 0) is 42.3 Å². The van der Waals surface area contributed by atoms with Gasteiger partial charge in [0.1, 0.15) is 37.1 Å². The summed E-state index contributed by atoms with van der Waals surface area (Å²) in [6.45, 7) is 10.3. The standard InChI is InChI=1S/C35H43N9O12S/c1-19-8-10-42(25(45)15-36-2)16-23(19)41(5)30-21-9-11-43(31(21)38-18-37-30)34(51)39(3)12-13-40(4)35(57)54-17-20-6-7-24(22(14-20)44(52)53)55-33-28(48)26(46)27(47)29(56-33)32(49)50/h6-7,9,11,14,18-19,23,26-29,33,46-48H,8,10,12-13,15-17H2,1,3-5H3,(H,49,50)/t19-,23+,26+,27+,28-,29+,33-/m1/s1. The van der Waals surface area contributed by atoms with Crippen LogP contribution in [0.5, 0.6) is 5.75 Å². The number of aliphatic hydroxyl groups excluding tert-OH is 3. The van der Waals surface area contributed by atoms with Crippen LogP contribution in [0.3, 0.4) is 0 Å². The van der Waals surface area contributed by atoms with Crippen LogP contribution in [0.2, 0.25) is 0 Å². The zero-order valence-corrected chi connectivity index (χ0v) is 32.3. The molecule has 57 heavy (non-hydrogen) atoms. The van der Waals surface area contributed by atoms with E-state index in [2.05, 4.69) is 21.7 Å². The number of amides is 2. The van der Waals surface area contributed by atoms with E-state index in [1.807, 2.05) is 11.9 Å². The summed E-state index contributed by atoms with van der Waals surface area (Å²) in [4.78, 5) is 67.5. The lowest BCUT2D eigenvalue weighted by molar-refractivity contribution is -0.387. The number of carbonyl (C=O) groups excluding carboxylic acids is 2. The molecule has 2 fully saturated rings. The van der Waals surface area contributed by atoms with Crippen LogP contribution in [0.1, 0.15) is 18.9 Å². The van der Waals surface area contributed by atoms with Crippen LogP contribution in [0.15, 0.2) is 36.8 Å². The van der Waals surface area contributed by atoms with Gasteiger partial charge in [0.05, 0.1) is 16.4 Å². The van der Waals surface area contributed by atoms with Crippen LogP contribution in [0.4, 0.5) is 16.3 Å². The molecule has 5 rings (SSSR count). The zero-order valence-electron chi connectivity index (χ0n) is 31.4. The number of benzene rings is 1. The van der Waals surface area contributed by atoms with Crippen molar-refractivity contribution in [1.82, 2.24) is 29.2 Å². The number of nitro benzene ring substituents is 1. The van der Waals surface area contributed by atoms with Gasteiger partial charge >= 0.3 is 23.6 Å². The number of hydrogen-bond donors (Lipinski definition) is 4. The zero-order chi connectivity index (χ0) is 41.7. The van der Waals surface area contributed by atoms with Gasteiger partial charge in [-0.2, -0.15) is 0 Å². The second-order valence-electron chi connectivity index (χ2n) is 13.8. The lowest BCUT2D eigenvalue weighted by Gasteiger charge is -2.41. The molecule has 2 amide bonds. The van der Waals surface area contributed by atoms with Gasteiger partial charge in [-0.25, -0.2) is 26.1 Å². The number of aromatic nitrogens is 3. The molecule has 0 bridgehead atoms. The number of anilines is 1. The smallest absolute Gasteiger partial charge is 0.335 e. The van der Waals surface area contributed by atoms with Crippen LogP contribution < -0.4 is 9.64 Å². The number of carbonyl (C=O) groups is 3. The Hall–Kier alpha value is -5.73. The number of likely N-dealkylation sites (N-methyl/N-ethyl adjacent to an activating group) is 3. The second kappa shape index (κ2) is 18.0. The number of aliphatic carboxylic acids is 1. The first-order valence-electron chi connectivity index (χ1n) is 17.7. The number of thiocarbonyl (C=S) groups is 1. The van der Waals surface area contributed by atoms with E-state index in [9.17, 15) is 44.9 Å². The number of nitro groups is 1. The fourth-order valence-corrected chi connectivity index (χ4v) is 6.72. The molecule has 0 aliphatic carbocycles. The minimum atomic E-state index is -1.96. The number of carboxylic acid groups (broad SMARTS) is 1. The molecule has 0 radical (unpaired) electrons. The number of aliphatic hydroxyl groups is 3. The largest absolute Gasteiger partial charge is 0.479 e. The molecule has 21 nitrogen and oxygen atoms in total. The molecule has 4 heterocycles. The molecule has 0 spiro atoms. The molecule has 2 saturated heterocycles. The minimum absolute atomic E-state index is 0.0305. The predicted molar refractivity (Wildman–Crippen MR) is 203 cm³/mol. The third-order valence-electron chi connectivity index (χ3n) is 10.0. The van der Waals surface area contributed by atoms with Gasteiger partial charge in [0.2, 0.25) is 6.29 Å². The van der Waals surface area contributed by atoms with Crippen molar-refractivity contribution in [2.45, 2.75) is 56.7 Å². The van der Waals surface area contributed by atoms with Crippen LogP contribution in [-0.4, -0.2) is 168 Å². The number of nitrogens with zero attached hydrogens (tertiary/aromatic N) is 9. The monoisotopic (exact) mass is 813 g/mol. The fraction of sp³-hybridized carbons (Fsp3) is 0.514. The first-order chi connectivity index (χ1) is 27.0. The summed E-state index contributed by atoms with van der Waals surface area (Å²) in [5.41, 5.74) is 0.116. The number of piperidine rings is 1. The SMILES string of the molecule is [C-]#[N+]CC(=O)N1CC[C@@H](C)[C@@H](N(C)c2ncnc3c2ccn3C(=O)N(C)CCN(C)C(=S)OCc2ccc(O[C@@H]3O[C@H](C(=O)O)[C@@H](O)[C@H](O)[C@H]3O)c([N+](=O)[O-])c2)C1. The number of fused-ring (bicyclic) bond motifs is 1. The Balaban J connectivity index is 1.17. The highest BCUT2D eigenvalue weighted by Gasteiger charge is 2.48. The molecular weight excluding hydrogens is 771 g/mol. The van der Waals surface area contributed by atoms with Crippen molar-refractivity contribution in [2.75, 3.05) is 58.8 Å². The highest BCUT2D eigenvalue weighted by atomic mass is 32.1. The summed E-state index contributed by atoms with van der Waals surface area (Å²) >= 11 is 5.40. The highest BCUT2D eigenvalue weighted by Crippen LogP contribution is 2.33. The summed E-state index contributed by atoms with van der Waals surface area (Å²) in [7, 11) is 5.15. The lowest BCUT2D eigenvalue weighted by Crippen LogP contribution is -2.61. The molecular formula is C35H43N9O12S. The molecule has 2 aromatic heterocycles. The van der Waals surface area contributed by atoms with E-state index in [1.54, 1.807) is 36.2 Å². The normalized spacial score (nSPS) is 23.3. The Morgan fingerprint density at radius 2 is 1.82 bits per heavy atom. The fourth-order valence-electron chi connectivity index (χ4n) is 6.57. The second-order valence-corrected chi connectivity index (χ2v) is 14.2. The molecule has 22 heteroatoms. The summed E-state index contributed by atoms with van der Waals surface area (Å²) in [6.07, 6.45) is -5.88. The molecule has 1 aromatic carbocycles. The van der Waals surface area contributed by atoms with Crippen LogP contribution in [0, 0.1) is 22.6 Å². The van der Waals surface area contributed by atoms with Gasteiger partial charge in [-0.1, -0.05) is 13.0 Å². The topological polar surface area (TPSA) is 251 Å². The molecule has 0 saturated carbocycles. The number of rotatable bonds is 12. The highest BCUT2D eigenvalue weighted by molar-refractivity contribution is 7.80. The third kappa shape index (κ3) is 9.29. The molecule has 3 aromatic rings. The molecule has 0 unspecified atom stereocenters. The Kier molecular flexibility index (Phi) is 13.4. The molecule has 306 valence electrons. The number of hydrogen-bond acceptors (Lipinski definition) is 15. The molecule has 4 N–H and O–H groups in total. The van der Waals surface area contributed by atoms with Crippen LogP contribution >= 0.6 is 12.2 Å². The number of likely N-dealkylation sites (tertiary alicyclic amines) is 1. The van der Waals surface area contributed by atoms with E-state index in [0.717, 1.165) is 12.5 Å². The first-order valence-corrected chi connectivity index (χ1v) is 18.1. The average Bonchev–Trinajstić information content (AvgIpc) is 3.63. The van der Waals surface area contributed by atoms with Gasteiger partial charge in [-0.15, -0.1) is 0 Å². The van der Waals surface area contributed by atoms with Crippen LogP contribution in [-0.2, 0) is 25.7 Å². The van der Waals surface area contributed by atoms with E-state index >= 15 is 0 Å². The molecule has 2 aliphatic rings. The van der Waals surface area contributed by atoms with E-state index < -0.39 is 53.0 Å². The maximum absolute atomic E-state index is 13.6. The molecule has 7 atom stereocenters. The Morgan fingerprint density at radius 1 is 1.11 bits per heavy atom. The lowest BCUT2D eigenvalue weighted by atomic mass is 9.92. The number of carboxylic acids is 1.